The molecule has 5 heteroatoms. The molecule has 0 aromatic carbocycles. The minimum absolute atomic E-state index is 0.715. The van der Waals surface area contributed by atoms with Crippen LogP contribution in [0.15, 0.2) is 0 Å². The van der Waals surface area contributed by atoms with E-state index in [0.29, 0.717) is 6.26 Å². The summed E-state index contributed by atoms with van der Waals surface area (Å²) in [5.41, 5.74) is 0. The van der Waals surface area contributed by atoms with Crippen molar-refractivity contribution in [3.8, 4) is 0 Å². The van der Waals surface area contributed by atoms with Crippen molar-refractivity contribution in [3.05, 3.63) is 0 Å². The Kier molecular flexibility index (Phi) is 18.7. The third kappa shape index (κ3) is 40.1. The van der Waals surface area contributed by atoms with Crippen molar-refractivity contribution >= 4 is 10.1 Å². The van der Waals surface area contributed by atoms with Crippen LogP contribution >= 0.6 is 0 Å². The molecule has 0 aliphatic heterocycles. The topological polar surface area (TPSA) is 54.4 Å². The summed E-state index contributed by atoms with van der Waals surface area (Å²) < 4.78 is 27.0. The zero-order valence-electron chi connectivity index (χ0n) is 17.7. The number of unbranched alkanes of at least 4 members (excludes halogenated alkanes) is 13. The van der Waals surface area contributed by atoms with Gasteiger partial charge in [-0.15, -0.1) is 0 Å². The summed E-state index contributed by atoms with van der Waals surface area (Å²) in [7, 11) is 3.22. The molecule has 0 amide bonds. The molecule has 0 aliphatic rings. The van der Waals surface area contributed by atoms with Gasteiger partial charge in [0, 0.05) is 0 Å². The largest absolute Gasteiger partial charge is 0.331 e. The number of hydrogen-bond donors (Lipinski definition) is 1. The molecule has 0 aromatic rings. The fraction of sp³-hybridized carbons (Fsp3) is 1.00. The van der Waals surface area contributed by atoms with Crippen LogP contribution in [0.4, 0.5) is 0 Å². The van der Waals surface area contributed by atoms with E-state index in [1.807, 2.05) is 0 Å². The summed E-state index contributed by atoms with van der Waals surface area (Å²) in [4.78, 5) is 0. The Bertz CT molecular complexity index is 354. The summed E-state index contributed by atoms with van der Waals surface area (Å²) >= 11 is 0. The summed E-state index contributed by atoms with van der Waals surface area (Å²) in [5, 5.41) is 0. The first-order chi connectivity index (χ1) is 11.6. The lowest BCUT2D eigenvalue weighted by Crippen LogP contribution is -2.35. The van der Waals surface area contributed by atoms with E-state index in [1.54, 1.807) is 0 Å². The molecule has 0 atom stereocenters. The van der Waals surface area contributed by atoms with Crippen molar-refractivity contribution in [2.24, 2.45) is 0 Å². The summed E-state index contributed by atoms with van der Waals surface area (Å²) in [6.07, 6.45) is 21.1. The first kappa shape index (κ1) is 27.1. The predicted molar refractivity (Wildman–Crippen MR) is 111 cm³/mol. The monoisotopic (exact) mass is 380 g/mol. The summed E-state index contributed by atoms with van der Waals surface area (Å²) in [6.45, 7) is 3.63. The van der Waals surface area contributed by atoms with Crippen LogP contribution in [0.2, 0.25) is 0 Å². The molecule has 0 aromatic heterocycles. The molecule has 0 aliphatic carbocycles. The normalized spacial score (nSPS) is 11.9. The maximum Gasteiger partial charge on any atom is 0.261 e. The Hall–Kier alpha value is -0.130. The SMILES string of the molecule is CCCCCCCCCCCCCCCC[N+](C)(C)C.CS(=O)(=O)O. The second-order valence-electron chi connectivity index (χ2n) is 8.34. The molecule has 0 fully saturated rings. The van der Waals surface area contributed by atoms with Gasteiger partial charge in [-0.3, -0.25) is 4.55 Å². The van der Waals surface area contributed by atoms with Gasteiger partial charge in [0.15, 0.2) is 0 Å². The van der Waals surface area contributed by atoms with E-state index in [9.17, 15) is 8.42 Å². The van der Waals surface area contributed by atoms with Gasteiger partial charge in [-0.05, 0) is 12.8 Å². The lowest BCUT2D eigenvalue weighted by atomic mass is 10.0. The minimum Gasteiger partial charge on any atom is -0.331 e. The molecule has 0 saturated heterocycles. The predicted octanol–water partition coefficient (Wildman–Crippen LogP) is 5.68. The Morgan fingerprint density at radius 2 is 0.880 bits per heavy atom. The van der Waals surface area contributed by atoms with Crippen molar-refractivity contribution in [1.82, 2.24) is 0 Å². The first-order valence-corrected chi connectivity index (χ1v) is 12.1. The van der Waals surface area contributed by atoms with Gasteiger partial charge in [0.25, 0.3) is 10.1 Å². The average molecular weight is 381 g/mol. The molecular weight excluding hydrogens is 334 g/mol. The maximum absolute atomic E-state index is 9.19. The Balaban J connectivity index is 0. The summed E-state index contributed by atoms with van der Waals surface area (Å²) in [6, 6.07) is 0. The highest BCUT2D eigenvalue weighted by Gasteiger charge is 2.04. The number of hydrogen-bond acceptors (Lipinski definition) is 2. The Morgan fingerprint density at radius 3 is 1.12 bits per heavy atom. The molecule has 0 unspecified atom stereocenters. The van der Waals surface area contributed by atoms with Crippen LogP contribution in [0.1, 0.15) is 96.8 Å². The zero-order chi connectivity index (χ0) is 19.6. The maximum atomic E-state index is 9.19. The van der Waals surface area contributed by atoms with Gasteiger partial charge >= 0.3 is 0 Å². The average Bonchev–Trinajstić information content (AvgIpc) is 2.45. The standard InChI is InChI=1S/C19H42N.CH4O3S/c1-5-6-7-8-9-10-11-12-13-14-15-16-17-18-19-20(2,3)4;1-5(2,3)4/h5-19H2,1-4H3;1H3,(H,2,3,4)/q+1;. The highest BCUT2D eigenvalue weighted by Crippen LogP contribution is 2.13. The van der Waals surface area contributed by atoms with E-state index in [4.69, 9.17) is 4.55 Å². The lowest BCUT2D eigenvalue weighted by Gasteiger charge is -2.23. The van der Waals surface area contributed by atoms with Gasteiger partial charge < -0.3 is 4.48 Å². The third-order valence-electron chi connectivity index (χ3n) is 4.18. The molecule has 1 N–H and O–H groups in total. The molecule has 0 radical (unpaired) electrons. The minimum atomic E-state index is -3.67. The van der Waals surface area contributed by atoms with Crippen molar-refractivity contribution in [2.75, 3.05) is 33.9 Å². The Morgan fingerprint density at radius 1 is 0.640 bits per heavy atom. The fourth-order valence-electron chi connectivity index (χ4n) is 2.78. The molecule has 0 bridgehead atoms. The second-order valence-corrected chi connectivity index (χ2v) is 9.81. The highest BCUT2D eigenvalue weighted by molar-refractivity contribution is 7.85. The molecule has 0 heterocycles. The number of rotatable bonds is 15. The van der Waals surface area contributed by atoms with E-state index < -0.39 is 10.1 Å². The van der Waals surface area contributed by atoms with E-state index >= 15 is 0 Å². The lowest BCUT2D eigenvalue weighted by molar-refractivity contribution is -0.870. The molecule has 25 heavy (non-hydrogen) atoms. The zero-order valence-corrected chi connectivity index (χ0v) is 18.5. The van der Waals surface area contributed by atoms with Crippen LogP contribution in [0.3, 0.4) is 0 Å². The highest BCUT2D eigenvalue weighted by atomic mass is 32.2. The van der Waals surface area contributed by atoms with Crippen LogP contribution in [0.25, 0.3) is 0 Å². The van der Waals surface area contributed by atoms with Gasteiger partial charge in [0.05, 0.1) is 33.9 Å². The van der Waals surface area contributed by atoms with Crippen LogP contribution < -0.4 is 0 Å². The van der Waals surface area contributed by atoms with Crippen molar-refractivity contribution in [2.45, 2.75) is 96.8 Å². The van der Waals surface area contributed by atoms with Crippen LogP contribution in [0.5, 0.6) is 0 Å². The number of nitrogens with zero attached hydrogens (tertiary/aromatic N) is 1. The van der Waals surface area contributed by atoms with Gasteiger partial charge in [-0.25, -0.2) is 0 Å². The molecule has 0 saturated carbocycles. The first-order valence-electron chi connectivity index (χ1n) is 10.3. The van der Waals surface area contributed by atoms with E-state index in [0.717, 1.165) is 4.48 Å². The van der Waals surface area contributed by atoms with E-state index in [1.165, 1.54) is 96.4 Å². The third-order valence-corrected chi connectivity index (χ3v) is 4.18. The van der Waals surface area contributed by atoms with E-state index in [2.05, 4.69) is 28.1 Å². The van der Waals surface area contributed by atoms with E-state index in [-0.39, 0.29) is 0 Å². The Labute approximate surface area is 158 Å². The quantitative estimate of drug-likeness (QED) is 0.226. The van der Waals surface area contributed by atoms with Crippen molar-refractivity contribution in [1.29, 1.82) is 0 Å². The molecule has 4 nitrogen and oxygen atoms in total. The van der Waals surface area contributed by atoms with Crippen LogP contribution in [-0.2, 0) is 10.1 Å². The smallest absolute Gasteiger partial charge is 0.261 e. The fourth-order valence-corrected chi connectivity index (χ4v) is 2.78. The molecule has 154 valence electrons. The number of quaternary nitrogens is 1. The van der Waals surface area contributed by atoms with Crippen LogP contribution in [0, 0.1) is 0 Å². The van der Waals surface area contributed by atoms with Gasteiger partial charge in [-0.1, -0.05) is 84.0 Å². The molecular formula is C20H46NO3S+. The second kappa shape index (κ2) is 17.3. The molecule has 0 spiro atoms. The van der Waals surface area contributed by atoms with Crippen molar-refractivity contribution in [3.63, 3.8) is 0 Å². The van der Waals surface area contributed by atoms with Crippen molar-refractivity contribution < 1.29 is 17.5 Å². The van der Waals surface area contributed by atoms with Gasteiger partial charge in [-0.2, -0.15) is 8.42 Å². The van der Waals surface area contributed by atoms with Crippen LogP contribution in [-0.4, -0.2) is 51.4 Å². The van der Waals surface area contributed by atoms with Gasteiger partial charge in [0.1, 0.15) is 0 Å². The molecule has 0 rings (SSSR count). The van der Waals surface area contributed by atoms with Gasteiger partial charge in [0.2, 0.25) is 0 Å². The summed E-state index contributed by atoms with van der Waals surface area (Å²) in [5.74, 6) is 0.